The number of amides is 3. The molecule has 1 fully saturated rings. The maximum Gasteiger partial charge on any atom is 0.248 e. The molecule has 0 aromatic rings. The van der Waals surface area contributed by atoms with Crippen LogP contribution in [0.5, 0.6) is 0 Å². The molecule has 1 saturated heterocycles. The SMILES string of the molecule is NC(=O)C(O)CNC(=O)C1CCC(=O)N1. The molecule has 0 spiro atoms. The predicted molar refractivity (Wildman–Crippen MR) is 49.4 cm³/mol. The van der Waals surface area contributed by atoms with Gasteiger partial charge in [0, 0.05) is 6.42 Å². The zero-order chi connectivity index (χ0) is 11.4. The van der Waals surface area contributed by atoms with E-state index in [1.807, 2.05) is 0 Å². The summed E-state index contributed by atoms with van der Waals surface area (Å²) in [6.45, 7) is -0.236. The second-order valence-corrected chi connectivity index (χ2v) is 3.32. The lowest BCUT2D eigenvalue weighted by atomic mass is 10.2. The van der Waals surface area contributed by atoms with Gasteiger partial charge in [-0.3, -0.25) is 14.4 Å². The molecule has 0 aromatic carbocycles. The van der Waals surface area contributed by atoms with Crippen molar-refractivity contribution >= 4 is 17.7 Å². The zero-order valence-corrected chi connectivity index (χ0v) is 8.03. The Balaban J connectivity index is 2.30. The number of aliphatic hydroxyl groups is 1. The Morgan fingerprint density at radius 2 is 2.33 bits per heavy atom. The number of primary amides is 1. The Labute approximate surface area is 86.0 Å². The Morgan fingerprint density at radius 3 is 2.80 bits per heavy atom. The molecule has 7 heteroatoms. The molecule has 0 aromatic heterocycles. The van der Waals surface area contributed by atoms with E-state index in [9.17, 15) is 14.4 Å². The van der Waals surface area contributed by atoms with Gasteiger partial charge in [0.05, 0.1) is 6.54 Å². The lowest BCUT2D eigenvalue weighted by Crippen LogP contribution is -2.46. The van der Waals surface area contributed by atoms with E-state index in [1.54, 1.807) is 0 Å². The molecule has 0 bridgehead atoms. The minimum atomic E-state index is -1.40. The van der Waals surface area contributed by atoms with Gasteiger partial charge in [0.25, 0.3) is 0 Å². The van der Waals surface area contributed by atoms with E-state index < -0.39 is 24.0 Å². The number of aliphatic hydroxyl groups excluding tert-OH is 1. The highest BCUT2D eigenvalue weighted by molar-refractivity contribution is 5.91. The van der Waals surface area contributed by atoms with Crippen LogP contribution in [0.4, 0.5) is 0 Å². The van der Waals surface area contributed by atoms with Crippen LogP contribution in [-0.4, -0.2) is 41.5 Å². The van der Waals surface area contributed by atoms with Gasteiger partial charge in [-0.2, -0.15) is 0 Å². The summed E-state index contributed by atoms with van der Waals surface area (Å²) in [6.07, 6.45) is -0.653. The first-order valence-electron chi connectivity index (χ1n) is 4.55. The second-order valence-electron chi connectivity index (χ2n) is 3.32. The number of hydrogen-bond donors (Lipinski definition) is 4. The quantitative estimate of drug-likeness (QED) is 0.405. The van der Waals surface area contributed by atoms with Gasteiger partial charge < -0.3 is 21.5 Å². The monoisotopic (exact) mass is 215 g/mol. The summed E-state index contributed by atoms with van der Waals surface area (Å²) >= 11 is 0. The van der Waals surface area contributed by atoms with Gasteiger partial charge in [-0.1, -0.05) is 0 Å². The molecule has 5 N–H and O–H groups in total. The van der Waals surface area contributed by atoms with E-state index in [0.29, 0.717) is 12.8 Å². The number of carbonyl (C=O) groups excluding carboxylic acids is 3. The molecule has 0 saturated carbocycles. The highest BCUT2D eigenvalue weighted by Gasteiger charge is 2.27. The van der Waals surface area contributed by atoms with E-state index in [2.05, 4.69) is 10.6 Å². The lowest BCUT2D eigenvalue weighted by Gasteiger charge is -2.12. The Hall–Kier alpha value is -1.63. The summed E-state index contributed by atoms with van der Waals surface area (Å²) in [5, 5.41) is 13.8. The maximum absolute atomic E-state index is 11.3. The van der Waals surface area contributed by atoms with Crippen LogP contribution in [-0.2, 0) is 14.4 Å². The van der Waals surface area contributed by atoms with Crippen LogP contribution < -0.4 is 16.4 Å². The van der Waals surface area contributed by atoms with Crippen molar-refractivity contribution in [2.24, 2.45) is 5.73 Å². The molecular weight excluding hydrogens is 202 g/mol. The highest BCUT2D eigenvalue weighted by Crippen LogP contribution is 2.05. The van der Waals surface area contributed by atoms with Crippen LogP contribution in [0, 0.1) is 0 Å². The first-order valence-corrected chi connectivity index (χ1v) is 4.55. The molecule has 2 unspecified atom stereocenters. The van der Waals surface area contributed by atoms with Crippen molar-refractivity contribution in [3.05, 3.63) is 0 Å². The predicted octanol–water partition coefficient (Wildman–Crippen LogP) is -2.77. The summed E-state index contributed by atoms with van der Waals surface area (Å²) in [5.74, 6) is -1.49. The molecule has 2 atom stereocenters. The van der Waals surface area contributed by atoms with Crippen molar-refractivity contribution in [1.82, 2.24) is 10.6 Å². The number of nitrogens with two attached hydrogens (primary N) is 1. The summed E-state index contributed by atoms with van der Waals surface area (Å²) in [4.78, 5) is 32.6. The molecule has 7 nitrogen and oxygen atoms in total. The Morgan fingerprint density at radius 1 is 1.67 bits per heavy atom. The third kappa shape index (κ3) is 3.21. The topological polar surface area (TPSA) is 122 Å². The average Bonchev–Trinajstić information content (AvgIpc) is 2.60. The van der Waals surface area contributed by atoms with E-state index in [1.165, 1.54) is 0 Å². The molecule has 0 radical (unpaired) electrons. The fourth-order valence-electron chi connectivity index (χ4n) is 1.23. The number of hydrogen-bond acceptors (Lipinski definition) is 4. The second kappa shape index (κ2) is 4.74. The summed E-state index contributed by atoms with van der Waals surface area (Å²) < 4.78 is 0. The summed E-state index contributed by atoms with van der Waals surface area (Å²) in [7, 11) is 0. The van der Waals surface area contributed by atoms with Crippen molar-refractivity contribution in [2.75, 3.05) is 6.54 Å². The number of nitrogens with one attached hydrogen (secondary N) is 2. The third-order valence-electron chi connectivity index (χ3n) is 2.11. The average molecular weight is 215 g/mol. The summed E-state index contributed by atoms with van der Waals surface area (Å²) in [5.41, 5.74) is 4.79. The van der Waals surface area contributed by atoms with Crippen LogP contribution in [0.25, 0.3) is 0 Å². The molecule has 3 amide bonds. The number of rotatable bonds is 4. The van der Waals surface area contributed by atoms with Gasteiger partial charge in [0.15, 0.2) is 0 Å². The van der Waals surface area contributed by atoms with Gasteiger partial charge in [-0.05, 0) is 6.42 Å². The molecule has 1 aliphatic rings. The normalized spacial score (nSPS) is 21.9. The van der Waals surface area contributed by atoms with E-state index >= 15 is 0 Å². The smallest absolute Gasteiger partial charge is 0.248 e. The molecule has 1 heterocycles. The van der Waals surface area contributed by atoms with Gasteiger partial charge in [-0.15, -0.1) is 0 Å². The van der Waals surface area contributed by atoms with Crippen LogP contribution in [0.2, 0.25) is 0 Å². The lowest BCUT2D eigenvalue weighted by molar-refractivity contribution is -0.128. The fraction of sp³-hybridized carbons (Fsp3) is 0.625. The van der Waals surface area contributed by atoms with Crippen molar-refractivity contribution < 1.29 is 19.5 Å². The van der Waals surface area contributed by atoms with Gasteiger partial charge in [0.2, 0.25) is 17.7 Å². The standard InChI is InChI=1S/C8H13N3O4/c9-7(14)5(12)3-10-8(15)4-1-2-6(13)11-4/h4-5,12H,1-3H2,(H2,9,14)(H,10,15)(H,11,13). The molecule has 0 aliphatic carbocycles. The molecule has 84 valence electrons. The van der Waals surface area contributed by atoms with Crippen molar-refractivity contribution in [3.63, 3.8) is 0 Å². The van der Waals surface area contributed by atoms with E-state index in [0.717, 1.165) is 0 Å². The van der Waals surface area contributed by atoms with Gasteiger partial charge in [-0.25, -0.2) is 0 Å². The number of carbonyl (C=O) groups is 3. The van der Waals surface area contributed by atoms with Crippen molar-refractivity contribution in [1.29, 1.82) is 0 Å². The fourth-order valence-corrected chi connectivity index (χ4v) is 1.23. The van der Waals surface area contributed by atoms with Crippen molar-refractivity contribution in [2.45, 2.75) is 25.0 Å². The first kappa shape index (κ1) is 11.4. The molecule has 15 heavy (non-hydrogen) atoms. The largest absolute Gasteiger partial charge is 0.381 e. The van der Waals surface area contributed by atoms with Crippen LogP contribution in [0.1, 0.15) is 12.8 Å². The minimum Gasteiger partial charge on any atom is -0.381 e. The van der Waals surface area contributed by atoms with Gasteiger partial charge >= 0.3 is 0 Å². The van der Waals surface area contributed by atoms with E-state index in [4.69, 9.17) is 10.8 Å². The van der Waals surface area contributed by atoms with Crippen LogP contribution in [0.3, 0.4) is 0 Å². The van der Waals surface area contributed by atoms with Crippen LogP contribution in [0.15, 0.2) is 0 Å². The van der Waals surface area contributed by atoms with Crippen LogP contribution >= 0.6 is 0 Å². The highest BCUT2D eigenvalue weighted by atomic mass is 16.3. The third-order valence-corrected chi connectivity index (χ3v) is 2.11. The van der Waals surface area contributed by atoms with Gasteiger partial charge in [0.1, 0.15) is 12.1 Å². The molecule has 1 aliphatic heterocycles. The zero-order valence-electron chi connectivity index (χ0n) is 8.03. The summed E-state index contributed by atoms with van der Waals surface area (Å²) in [6, 6.07) is -0.572. The minimum absolute atomic E-state index is 0.175. The Kier molecular flexibility index (Phi) is 3.62. The van der Waals surface area contributed by atoms with Crippen molar-refractivity contribution in [3.8, 4) is 0 Å². The van der Waals surface area contributed by atoms with E-state index in [-0.39, 0.29) is 12.5 Å². The first-order chi connectivity index (χ1) is 7.00. The Bertz CT molecular complexity index is 292. The molecular formula is C8H13N3O4. The molecule has 1 rings (SSSR count). The maximum atomic E-state index is 11.3.